The van der Waals surface area contributed by atoms with E-state index in [1.54, 1.807) is 6.92 Å². The zero-order valence-electron chi connectivity index (χ0n) is 7.45. The van der Waals surface area contributed by atoms with Gasteiger partial charge in [-0.25, -0.2) is 0 Å². The molecule has 1 heterocycles. The SMILES string of the molecule is CC1(O)C(N)=NC2CCCCC21. The lowest BCUT2D eigenvalue weighted by molar-refractivity contribution is 0.0506. The minimum Gasteiger partial charge on any atom is -0.385 e. The van der Waals surface area contributed by atoms with Gasteiger partial charge in [-0.05, 0) is 19.8 Å². The van der Waals surface area contributed by atoms with E-state index in [1.165, 1.54) is 12.8 Å². The Hall–Kier alpha value is -0.570. The third kappa shape index (κ3) is 0.959. The van der Waals surface area contributed by atoms with Crippen molar-refractivity contribution < 1.29 is 5.11 Å². The highest BCUT2D eigenvalue weighted by molar-refractivity contribution is 5.90. The zero-order chi connectivity index (χ0) is 8.77. The Morgan fingerprint density at radius 1 is 1.50 bits per heavy atom. The molecule has 0 aromatic rings. The van der Waals surface area contributed by atoms with Crippen molar-refractivity contribution in [1.29, 1.82) is 0 Å². The molecule has 1 fully saturated rings. The first-order chi connectivity index (χ1) is 5.62. The van der Waals surface area contributed by atoms with E-state index in [4.69, 9.17) is 5.73 Å². The molecule has 3 heteroatoms. The number of fused-ring (bicyclic) bond motifs is 1. The quantitative estimate of drug-likeness (QED) is 0.558. The second-order valence-corrected chi connectivity index (χ2v) is 4.12. The topological polar surface area (TPSA) is 58.6 Å². The van der Waals surface area contributed by atoms with Gasteiger partial charge in [-0.15, -0.1) is 0 Å². The maximum Gasteiger partial charge on any atom is 0.126 e. The molecule has 0 saturated heterocycles. The molecule has 3 atom stereocenters. The fourth-order valence-electron chi connectivity index (χ4n) is 2.42. The van der Waals surface area contributed by atoms with Gasteiger partial charge in [-0.3, -0.25) is 4.99 Å². The number of rotatable bonds is 0. The van der Waals surface area contributed by atoms with Crippen molar-refractivity contribution in [3.8, 4) is 0 Å². The number of nitrogens with two attached hydrogens (primary N) is 1. The largest absolute Gasteiger partial charge is 0.385 e. The second kappa shape index (κ2) is 2.46. The molecule has 3 N–H and O–H groups in total. The van der Waals surface area contributed by atoms with Gasteiger partial charge in [-0.2, -0.15) is 0 Å². The van der Waals surface area contributed by atoms with E-state index in [0.717, 1.165) is 12.8 Å². The molecule has 12 heavy (non-hydrogen) atoms. The lowest BCUT2D eigenvalue weighted by Gasteiger charge is -2.31. The lowest BCUT2D eigenvalue weighted by Crippen LogP contribution is -2.45. The molecule has 3 unspecified atom stereocenters. The van der Waals surface area contributed by atoms with E-state index < -0.39 is 5.60 Å². The highest BCUT2D eigenvalue weighted by Crippen LogP contribution is 2.39. The summed E-state index contributed by atoms with van der Waals surface area (Å²) in [6, 6.07) is 0.300. The molecular weight excluding hydrogens is 152 g/mol. The first kappa shape index (κ1) is 8.05. The Balaban J connectivity index is 2.24. The first-order valence-electron chi connectivity index (χ1n) is 4.68. The van der Waals surface area contributed by atoms with Crippen LogP contribution in [0.15, 0.2) is 4.99 Å². The van der Waals surface area contributed by atoms with E-state index in [-0.39, 0.29) is 5.92 Å². The Labute approximate surface area is 72.7 Å². The summed E-state index contributed by atoms with van der Waals surface area (Å²) in [6.45, 7) is 1.79. The van der Waals surface area contributed by atoms with Crippen molar-refractivity contribution in [3.05, 3.63) is 0 Å². The minimum absolute atomic E-state index is 0.284. The van der Waals surface area contributed by atoms with Crippen molar-refractivity contribution in [3.63, 3.8) is 0 Å². The van der Waals surface area contributed by atoms with Gasteiger partial charge < -0.3 is 10.8 Å². The van der Waals surface area contributed by atoms with E-state index in [2.05, 4.69) is 4.99 Å². The normalized spacial score (nSPS) is 47.0. The summed E-state index contributed by atoms with van der Waals surface area (Å²) in [6.07, 6.45) is 4.61. The third-order valence-electron chi connectivity index (χ3n) is 3.27. The summed E-state index contributed by atoms with van der Waals surface area (Å²) in [4.78, 5) is 4.31. The van der Waals surface area contributed by atoms with E-state index in [1.807, 2.05) is 0 Å². The highest BCUT2D eigenvalue weighted by atomic mass is 16.3. The molecular formula is C9H16N2O. The van der Waals surface area contributed by atoms with E-state index >= 15 is 0 Å². The number of aliphatic imine (C=N–C) groups is 1. The Bertz CT molecular complexity index is 223. The molecule has 1 saturated carbocycles. The molecule has 1 aliphatic carbocycles. The van der Waals surface area contributed by atoms with Crippen LogP contribution in [-0.2, 0) is 0 Å². The van der Waals surface area contributed by atoms with Gasteiger partial charge in [-0.1, -0.05) is 12.8 Å². The van der Waals surface area contributed by atoms with Gasteiger partial charge in [0.1, 0.15) is 11.4 Å². The van der Waals surface area contributed by atoms with Gasteiger partial charge in [0, 0.05) is 5.92 Å². The molecule has 2 rings (SSSR count). The Morgan fingerprint density at radius 3 is 2.83 bits per heavy atom. The number of hydrogen-bond donors (Lipinski definition) is 2. The van der Waals surface area contributed by atoms with Crippen LogP contribution in [0.1, 0.15) is 32.6 Å². The number of hydrogen-bond acceptors (Lipinski definition) is 3. The van der Waals surface area contributed by atoms with Crippen LogP contribution in [0.25, 0.3) is 0 Å². The number of nitrogens with zero attached hydrogens (tertiary/aromatic N) is 1. The molecule has 0 bridgehead atoms. The van der Waals surface area contributed by atoms with Crippen molar-refractivity contribution in [1.82, 2.24) is 0 Å². The summed E-state index contributed by atoms with van der Waals surface area (Å²) >= 11 is 0. The molecule has 68 valence electrons. The fourth-order valence-corrected chi connectivity index (χ4v) is 2.42. The smallest absolute Gasteiger partial charge is 0.126 e. The summed E-state index contributed by atoms with van der Waals surface area (Å²) in [5, 5.41) is 10.0. The fraction of sp³-hybridized carbons (Fsp3) is 0.889. The van der Waals surface area contributed by atoms with Crippen LogP contribution in [0.2, 0.25) is 0 Å². The van der Waals surface area contributed by atoms with Crippen LogP contribution in [0, 0.1) is 5.92 Å². The molecule has 1 aliphatic heterocycles. The molecule has 0 aromatic heterocycles. The van der Waals surface area contributed by atoms with Gasteiger partial charge in [0.25, 0.3) is 0 Å². The van der Waals surface area contributed by atoms with Crippen molar-refractivity contribution in [2.24, 2.45) is 16.6 Å². The predicted molar refractivity (Wildman–Crippen MR) is 48.0 cm³/mol. The summed E-state index contributed by atoms with van der Waals surface area (Å²) in [5.41, 5.74) is 4.84. The molecule has 0 amide bonds. The summed E-state index contributed by atoms with van der Waals surface area (Å²) in [5.74, 6) is 0.727. The summed E-state index contributed by atoms with van der Waals surface area (Å²) in [7, 11) is 0. The van der Waals surface area contributed by atoms with E-state index in [9.17, 15) is 5.11 Å². The van der Waals surface area contributed by atoms with Crippen molar-refractivity contribution in [2.45, 2.75) is 44.2 Å². The molecule has 2 aliphatic rings. The van der Waals surface area contributed by atoms with Gasteiger partial charge >= 0.3 is 0 Å². The zero-order valence-corrected chi connectivity index (χ0v) is 7.45. The van der Waals surface area contributed by atoms with Crippen LogP contribution < -0.4 is 5.73 Å². The Kier molecular flexibility index (Phi) is 1.65. The van der Waals surface area contributed by atoms with Gasteiger partial charge in [0.2, 0.25) is 0 Å². The van der Waals surface area contributed by atoms with Gasteiger partial charge in [0.15, 0.2) is 0 Å². The number of amidine groups is 1. The van der Waals surface area contributed by atoms with Crippen LogP contribution in [0.4, 0.5) is 0 Å². The standard InChI is InChI=1S/C9H16N2O/c1-9(12)6-4-2-3-5-7(6)11-8(9)10/h6-7,12H,2-5H2,1H3,(H2,10,11). The summed E-state index contributed by atoms with van der Waals surface area (Å²) < 4.78 is 0. The van der Waals surface area contributed by atoms with Crippen molar-refractivity contribution in [2.75, 3.05) is 0 Å². The number of aliphatic hydroxyl groups is 1. The second-order valence-electron chi connectivity index (χ2n) is 4.12. The monoisotopic (exact) mass is 168 g/mol. The van der Waals surface area contributed by atoms with Crippen LogP contribution in [-0.4, -0.2) is 22.6 Å². The predicted octanol–water partition coefficient (Wildman–Crippen LogP) is 0.667. The average molecular weight is 168 g/mol. The minimum atomic E-state index is -0.828. The molecule has 0 aromatic carbocycles. The van der Waals surface area contributed by atoms with Crippen LogP contribution in [0.3, 0.4) is 0 Å². The highest BCUT2D eigenvalue weighted by Gasteiger charge is 2.46. The first-order valence-corrected chi connectivity index (χ1v) is 4.68. The van der Waals surface area contributed by atoms with Gasteiger partial charge in [0.05, 0.1) is 6.04 Å². The third-order valence-corrected chi connectivity index (χ3v) is 3.27. The van der Waals surface area contributed by atoms with Crippen LogP contribution >= 0.6 is 0 Å². The van der Waals surface area contributed by atoms with Crippen molar-refractivity contribution >= 4 is 5.84 Å². The van der Waals surface area contributed by atoms with E-state index in [0.29, 0.717) is 11.9 Å². The molecule has 0 spiro atoms. The Morgan fingerprint density at radius 2 is 2.17 bits per heavy atom. The average Bonchev–Trinajstić information content (AvgIpc) is 2.25. The van der Waals surface area contributed by atoms with Crippen LogP contribution in [0.5, 0.6) is 0 Å². The maximum atomic E-state index is 10.0. The molecule has 3 nitrogen and oxygen atoms in total. The maximum absolute atomic E-state index is 10.0. The lowest BCUT2D eigenvalue weighted by atomic mass is 9.77. The molecule has 0 radical (unpaired) electrons.